The van der Waals surface area contributed by atoms with Crippen molar-refractivity contribution in [2.75, 3.05) is 0 Å². The average molecular weight is 372 g/mol. The van der Waals surface area contributed by atoms with Crippen molar-refractivity contribution in [2.45, 2.75) is 54.7 Å². The molecule has 0 aliphatic heterocycles. The van der Waals surface area contributed by atoms with E-state index < -0.39 is 15.7 Å². The number of halogens is 1. The number of aryl methyl sites for hydroxylation is 1. The number of rotatable bonds is 3. The SMILES string of the molecule is Cc1oc2ccc(C3CCCCC3)cc2c1S(=O)(=O)c1ccccc1F. The number of benzene rings is 2. The maximum atomic E-state index is 14.2. The van der Waals surface area contributed by atoms with Gasteiger partial charge in [-0.05, 0) is 55.5 Å². The lowest BCUT2D eigenvalue weighted by molar-refractivity contribution is 0.444. The average Bonchev–Trinajstić information content (AvgIpc) is 2.98. The summed E-state index contributed by atoms with van der Waals surface area (Å²) in [5, 5.41) is 0.550. The molecule has 1 aliphatic carbocycles. The van der Waals surface area contributed by atoms with E-state index in [0.717, 1.165) is 24.5 Å². The van der Waals surface area contributed by atoms with Crippen molar-refractivity contribution in [3.05, 3.63) is 59.6 Å². The van der Waals surface area contributed by atoms with E-state index in [1.54, 1.807) is 6.92 Å². The van der Waals surface area contributed by atoms with Crippen LogP contribution in [0.3, 0.4) is 0 Å². The Labute approximate surface area is 152 Å². The van der Waals surface area contributed by atoms with E-state index in [9.17, 15) is 12.8 Å². The normalized spacial score (nSPS) is 16.2. The monoisotopic (exact) mass is 372 g/mol. The minimum absolute atomic E-state index is 0.0789. The molecular weight excluding hydrogens is 351 g/mol. The van der Waals surface area contributed by atoms with E-state index in [-0.39, 0.29) is 9.79 Å². The molecule has 136 valence electrons. The standard InChI is InChI=1S/C21H21FO3S/c1-14-21(26(23,24)20-10-6-5-9-18(20)22)17-13-16(11-12-19(17)25-14)15-7-3-2-4-8-15/h5-6,9-13,15H,2-4,7-8H2,1H3. The van der Waals surface area contributed by atoms with Crippen molar-refractivity contribution < 1.29 is 17.2 Å². The highest BCUT2D eigenvalue weighted by Gasteiger charge is 2.29. The van der Waals surface area contributed by atoms with Gasteiger partial charge in [0, 0.05) is 5.39 Å². The van der Waals surface area contributed by atoms with Gasteiger partial charge in [0.1, 0.15) is 27.0 Å². The smallest absolute Gasteiger partial charge is 0.213 e. The second-order valence-electron chi connectivity index (χ2n) is 7.01. The van der Waals surface area contributed by atoms with Crippen LogP contribution in [0.1, 0.15) is 49.3 Å². The van der Waals surface area contributed by atoms with E-state index >= 15 is 0 Å². The summed E-state index contributed by atoms with van der Waals surface area (Å²) in [4.78, 5) is -0.232. The number of hydrogen-bond acceptors (Lipinski definition) is 3. The molecule has 5 heteroatoms. The van der Waals surface area contributed by atoms with Crippen LogP contribution in [0.4, 0.5) is 4.39 Å². The summed E-state index contributed by atoms with van der Waals surface area (Å²) < 4.78 is 46.1. The van der Waals surface area contributed by atoms with E-state index in [1.807, 2.05) is 18.2 Å². The van der Waals surface area contributed by atoms with Gasteiger partial charge in [0.15, 0.2) is 0 Å². The zero-order valence-electron chi connectivity index (χ0n) is 14.7. The largest absolute Gasteiger partial charge is 0.460 e. The molecule has 0 radical (unpaired) electrons. The highest BCUT2D eigenvalue weighted by atomic mass is 32.2. The molecule has 26 heavy (non-hydrogen) atoms. The Bertz CT molecular complexity index is 1060. The van der Waals surface area contributed by atoms with Gasteiger partial charge in [0.05, 0.1) is 0 Å². The van der Waals surface area contributed by atoms with Gasteiger partial charge in [-0.15, -0.1) is 0 Å². The molecule has 1 fully saturated rings. The number of fused-ring (bicyclic) bond motifs is 1. The Kier molecular flexibility index (Phi) is 4.35. The lowest BCUT2D eigenvalue weighted by Crippen LogP contribution is -2.06. The number of hydrogen-bond donors (Lipinski definition) is 0. The quantitative estimate of drug-likeness (QED) is 0.587. The first-order chi connectivity index (χ1) is 12.5. The van der Waals surface area contributed by atoms with Crippen LogP contribution in [0.15, 0.2) is 56.7 Å². The van der Waals surface area contributed by atoms with Crippen LogP contribution in [0.25, 0.3) is 11.0 Å². The van der Waals surface area contributed by atoms with Crippen molar-refractivity contribution >= 4 is 20.8 Å². The first-order valence-corrected chi connectivity index (χ1v) is 10.5. The summed E-state index contributed by atoms with van der Waals surface area (Å²) in [5.74, 6) is 0.00102. The fourth-order valence-electron chi connectivity index (χ4n) is 4.01. The summed E-state index contributed by atoms with van der Waals surface area (Å²) in [6, 6.07) is 11.3. The summed E-state index contributed by atoms with van der Waals surface area (Å²) in [6.07, 6.45) is 5.91. The summed E-state index contributed by atoms with van der Waals surface area (Å²) >= 11 is 0. The zero-order chi connectivity index (χ0) is 18.3. The Balaban J connectivity index is 1.89. The van der Waals surface area contributed by atoms with Gasteiger partial charge in [-0.2, -0.15) is 0 Å². The van der Waals surface area contributed by atoms with Gasteiger partial charge in [-0.3, -0.25) is 0 Å². The summed E-state index contributed by atoms with van der Waals surface area (Å²) in [6.45, 7) is 1.62. The molecule has 3 nitrogen and oxygen atoms in total. The van der Waals surface area contributed by atoms with Crippen LogP contribution < -0.4 is 0 Å². The number of sulfone groups is 1. The van der Waals surface area contributed by atoms with Gasteiger partial charge in [0.25, 0.3) is 0 Å². The molecule has 1 aliphatic rings. The first kappa shape index (κ1) is 17.3. The molecule has 0 N–H and O–H groups in total. The molecule has 3 aromatic rings. The van der Waals surface area contributed by atoms with Gasteiger partial charge < -0.3 is 4.42 Å². The predicted molar refractivity (Wildman–Crippen MR) is 98.6 cm³/mol. The van der Waals surface area contributed by atoms with Crippen molar-refractivity contribution in [2.24, 2.45) is 0 Å². The highest BCUT2D eigenvalue weighted by Crippen LogP contribution is 2.38. The van der Waals surface area contributed by atoms with Gasteiger partial charge in [-0.25, -0.2) is 12.8 Å². The van der Waals surface area contributed by atoms with Crippen LogP contribution in [-0.4, -0.2) is 8.42 Å². The van der Waals surface area contributed by atoms with Crippen molar-refractivity contribution in [1.29, 1.82) is 0 Å². The Morgan fingerprint density at radius 2 is 1.77 bits per heavy atom. The Hall–Kier alpha value is -2.14. The topological polar surface area (TPSA) is 47.3 Å². The molecule has 2 aromatic carbocycles. The van der Waals surface area contributed by atoms with E-state index in [1.165, 1.54) is 37.5 Å². The third-order valence-electron chi connectivity index (χ3n) is 5.30. The van der Waals surface area contributed by atoms with Crippen LogP contribution in [0.5, 0.6) is 0 Å². The minimum atomic E-state index is -4.00. The molecule has 0 unspecified atom stereocenters. The molecule has 1 aromatic heterocycles. The van der Waals surface area contributed by atoms with E-state index in [0.29, 0.717) is 22.6 Å². The second kappa shape index (κ2) is 6.54. The maximum absolute atomic E-state index is 14.2. The maximum Gasteiger partial charge on any atom is 0.213 e. The lowest BCUT2D eigenvalue weighted by Gasteiger charge is -2.21. The second-order valence-corrected chi connectivity index (χ2v) is 8.87. The summed E-state index contributed by atoms with van der Waals surface area (Å²) in [7, 11) is -4.00. The fourth-order valence-corrected chi connectivity index (χ4v) is 5.68. The summed E-state index contributed by atoms with van der Waals surface area (Å²) in [5.41, 5.74) is 1.67. The van der Waals surface area contributed by atoms with Crippen molar-refractivity contribution in [3.8, 4) is 0 Å². The molecule has 0 atom stereocenters. The highest BCUT2D eigenvalue weighted by molar-refractivity contribution is 7.91. The fraction of sp³-hybridized carbons (Fsp3) is 0.333. The third kappa shape index (κ3) is 2.84. The molecule has 0 spiro atoms. The molecule has 0 amide bonds. The van der Waals surface area contributed by atoms with Crippen LogP contribution in [0, 0.1) is 12.7 Å². The van der Waals surface area contributed by atoms with Crippen LogP contribution in [-0.2, 0) is 9.84 Å². The minimum Gasteiger partial charge on any atom is -0.460 e. The molecule has 1 saturated carbocycles. The lowest BCUT2D eigenvalue weighted by atomic mass is 9.84. The zero-order valence-corrected chi connectivity index (χ0v) is 15.5. The van der Waals surface area contributed by atoms with E-state index in [2.05, 4.69) is 0 Å². The predicted octanol–water partition coefficient (Wildman–Crippen LogP) is 5.76. The number of furan rings is 1. The van der Waals surface area contributed by atoms with Crippen molar-refractivity contribution in [1.82, 2.24) is 0 Å². The third-order valence-corrected chi connectivity index (χ3v) is 7.26. The molecule has 1 heterocycles. The molecule has 0 saturated heterocycles. The van der Waals surface area contributed by atoms with E-state index in [4.69, 9.17) is 4.42 Å². The van der Waals surface area contributed by atoms with Crippen molar-refractivity contribution in [3.63, 3.8) is 0 Å². The van der Waals surface area contributed by atoms with Gasteiger partial charge >= 0.3 is 0 Å². The molecule has 4 rings (SSSR count). The molecule has 0 bridgehead atoms. The van der Waals surface area contributed by atoms with Crippen LogP contribution >= 0.6 is 0 Å². The Morgan fingerprint density at radius 3 is 2.50 bits per heavy atom. The Morgan fingerprint density at radius 1 is 1.04 bits per heavy atom. The van der Waals surface area contributed by atoms with Gasteiger partial charge in [-0.1, -0.05) is 37.5 Å². The first-order valence-electron chi connectivity index (χ1n) is 9.01. The molecular formula is C21H21FO3S. The van der Waals surface area contributed by atoms with Crippen LogP contribution in [0.2, 0.25) is 0 Å². The van der Waals surface area contributed by atoms with Gasteiger partial charge in [0.2, 0.25) is 9.84 Å².